The number of carbonyl (C=O) groups excluding carboxylic acids is 5. The first-order valence-electron chi connectivity index (χ1n) is 10.9. The van der Waals surface area contributed by atoms with Crippen molar-refractivity contribution in [3.05, 3.63) is 70.3 Å². The lowest BCUT2D eigenvalue weighted by Gasteiger charge is -2.08. The topological polar surface area (TPSA) is 144 Å². The minimum absolute atomic E-state index is 0.0935. The molecule has 0 fully saturated rings. The molecular weight excluding hydrogens is 470 g/mol. The molecule has 1 aromatic carbocycles. The zero-order valence-electron chi connectivity index (χ0n) is 20.2. The van der Waals surface area contributed by atoms with E-state index in [0.717, 1.165) is 0 Å². The van der Waals surface area contributed by atoms with E-state index in [1.54, 1.807) is 33.0 Å². The molecule has 0 saturated carbocycles. The molecule has 188 valence electrons. The lowest BCUT2D eigenvalue weighted by Crippen LogP contribution is -2.34. The molecule has 1 aliphatic heterocycles. The zero-order chi connectivity index (χ0) is 26.4. The van der Waals surface area contributed by atoms with Crippen LogP contribution in [0.5, 0.6) is 0 Å². The monoisotopic (exact) mass is 495 g/mol. The summed E-state index contributed by atoms with van der Waals surface area (Å²) in [5.41, 5.74) is 1.37. The molecule has 0 atom stereocenters. The number of methoxy groups -OCH3 is 1. The molecule has 0 bridgehead atoms. The standard InChI is InChI=1S/C25H25N3O8/c1-5-35-24(32)15-6-8-16(9-7-15)27-22(30)21(29)26-13-18-11-10-17(36-18)12-19-20(25(33)34-4)14(2)28(3)23(19)31/h6-12H,5,13H2,1-4H3,(H,26,29)(H,27,30)/b19-12+. The predicted molar refractivity (Wildman–Crippen MR) is 127 cm³/mol. The molecular formula is C25H25N3O8. The van der Waals surface area contributed by atoms with Crippen LogP contribution < -0.4 is 10.6 Å². The van der Waals surface area contributed by atoms with Crippen LogP contribution in [0.15, 0.2) is 57.7 Å². The van der Waals surface area contributed by atoms with Gasteiger partial charge in [-0.2, -0.15) is 0 Å². The van der Waals surface area contributed by atoms with Gasteiger partial charge in [0.1, 0.15) is 11.5 Å². The van der Waals surface area contributed by atoms with E-state index < -0.39 is 23.8 Å². The van der Waals surface area contributed by atoms with Crippen LogP contribution in [0.3, 0.4) is 0 Å². The van der Waals surface area contributed by atoms with Gasteiger partial charge in [-0.05, 0) is 56.3 Å². The van der Waals surface area contributed by atoms with E-state index in [2.05, 4.69) is 10.6 Å². The number of allylic oxidation sites excluding steroid dienone is 1. The number of benzene rings is 1. The van der Waals surface area contributed by atoms with Crippen molar-refractivity contribution in [2.45, 2.75) is 20.4 Å². The van der Waals surface area contributed by atoms with Gasteiger partial charge in [0.2, 0.25) is 0 Å². The second-order valence-corrected chi connectivity index (χ2v) is 7.61. The van der Waals surface area contributed by atoms with Gasteiger partial charge < -0.3 is 29.4 Å². The van der Waals surface area contributed by atoms with Gasteiger partial charge in [0, 0.05) is 18.4 Å². The second kappa shape index (κ2) is 11.2. The Kier molecular flexibility index (Phi) is 8.05. The van der Waals surface area contributed by atoms with E-state index in [9.17, 15) is 24.0 Å². The molecule has 0 radical (unpaired) electrons. The van der Waals surface area contributed by atoms with Crippen LogP contribution >= 0.6 is 0 Å². The van der Waals surface area contributed by atoms with E-state index in [0.29, 0.717) is 22.7 Å². The summed E-state index contributed by atoms with van der Waals surface area (Å²) in [6.07, 6.45) is 1.42. The van der Waals surface area contributed by atoms with E-state index >= 15 is 0 Å². The summed E-state index contributed by atoms with van der Waals surface area (Å²) in [7, 11) is 2.77. The number of esters is 2. The van der Waals surface area contributed by atoms with Crippen LogP contribution in [-0.4, -0.2) is 55.3 Å². The molecule has 11 heteroatoms. The van der Waals surface area contributed by atoms with Crippen LogP contribution in [-0.2, 0) is 35.2 Å². The Morgan fingerprint density at radius 2 is 1.72 bits per heavy atom. The smallest absolute Gasteiger partial charge is 0.340 e. The minimum atomic E-state index is -0.907. The number of hydrogen-bond donors (Lipinski definition) is 2. The average molecular weight is 495 g/mol. The summed E-state index contributed by atoms with van der Waals surface area (Å²) in [4.78, 5) is 62.0. The van der Waals surface area contributed by atoms with Gasteiger partial charge >= 0.3 is 23.8 Å². The number of nitrogens with one attached hydrogen (secondary N) is 2. The van der Waals surface area contributed by atoms with Crippen molar-refractivity contribution >= 4 is 41.4 Å². The molecule has 0 unspecified atom stereocenters. The fourth-order valence-corrected chi connectivity index (χ4v) is 3.35. The van der Waals surface area contributed by atoms with Crippen molar-refractivity contribution in [3.63, 3.8) is 0 Å². The van der Waals surface area contributed by atoms with Gasteiger partial charge in [0.15, 0.2) is 0 Å². The van der Waals surface area contributed by atoms with Crippen molar-refractivity contribution in [2.24, 2.45) is 0 Å². The fourth-order valence-electron chi connectivity index (χ4n) is 3.35. The van der Waals surface area contributed by atoms with Gasteiger partial charge in [0.05, 0.1) is 37.0 Å². The average Bonchev–Trinajstić information content (AvgIpc) is 3.40. The molecule has 0 spiro atoms. The molecule has 1 aliphatic rings. The molecule has 0 saturated heterocycles. The third-order valence-electron chi connectivity index (χ3n) is 5.31. The SMILES string of the molecule is CCOC(=O)c1ccc(NC(=O)C(=O)NCc2ccc(/C=C3/C(=O)N(C)C(C)=C3C(=O)OC)o2)cc1. The molecule has 11 nitrogen and oxygen atoms in total. The Morgan fingerprint density at radius 3 is 2.36 bits per heavy atom. The highest BCUT2D eigenvalue weighted by atomic mass is 16.5. The molecule has 2 heterocycles. The Labute approximate surface area is 206 Å². The maximum Gasteiger partial charge on any atom is 0.340 e. The fraction of sp³-hybridized carbons (Fsp3) is 0.240. The van der Waals surface area contributed by atoms with Crippen LogP contribution in [0.1, 0.15) is 35.7 Å². The number of anilines is 1. The first-order valence-corrected chi connectivity index (χ1v) is 10.9. The Hall–Kier alpha value is -4.67. The van der Waals surface area contributed by atoms with Crippen molar-refractivity contribution in [3.8, 4) is 0 Å². The van der Waals surface area contributed by atoms with E-state index in [4.69, 9.17) is 13.9 Å². The lowest BCUT2D eigenvalue weighted by molar-refractivity contribution is -0.136. The summed E-state index contributed by atoms with van der Waals surface area (Å²) in [5, 5.41) is 4.86. The predicted octanol–water partition coefficient (Wildman–Crippen LogP) is 2.01. The number of likely N-dealkylation sites (N-methyl/N-ethyl adjacent to an activating group) is 1. The number of furan rings is 1. The Bertz CT molecular complexity index is 1270. The van der Waals surface area contributed by atoms with Gasteiger partial charge in [-0.25, -0.2) is 9.59 Å². The molecule has 1 aromatic heterocycles. The Balaban J connectivity index is 1.60. The number of carbonyl (C=O) groups is 5. The summed E-state index contributed by atoms with van der Waals surface area (Å²) in [6, 6.07) is 9.03. The zero-order valence-corrected chi connectivity index (χ0v) is 20.2. The van der Waals surface area contributed by atoms with Crippen molar-refractivity contribution < 1.29 is 37.9 Å². The minimum Gasteiger partial charge on any atom is -0.465 e. The summed E-state index contributed by atoms with van der Waals surface area (Å²) in [5.74, 6) is -2.73. The second-order valence-electron chi connectivity index (χ2n) is 7.61. The van der Waals surface area contributed by atoms with Gasteiger partial charge in [0.25, 0.3) is 5.91 Å². The first-order chi connectivity index (χ1) is 17.2. The third-order valence-corrected chi connectivity index (χ3v) is 5.31. The molecule has 2 aromatic rings. The largest absolute Gasteiger partial charge is 0.465 e. The van der Waals surface area contributed by atoms with Crippen LogP contribution in [0, 0.1) is 0 Å². The highest BCUT2D eigenvalue weighted by Crippen LogP contribution is 2.30. The number of rotatable bonds is 7. The number of nitrogens with zero attached hydrogens (tertiary/aromatic N) is 1. The van der Waals surface area contributed by atoms with E-state index in [-0.39, 0.29) is 36.0 Å². The third kappa shape index (κ3) is 5.69. The van der Waals surface area contributed by atoms with Crippen molar-refractivity contribution in [1.29, 1.82) is 0 Å². The molecule has 36 heavy (non-hydrogen) atoms. The summed E-state index contributed by atoms with van der Waals surface area (Å²) < 4.78 is 15.3. The first kappa shape index (κ1) is 25.9. The number of hydrogen-bond acceptors (Lipinski definition) is 8. The quantitative estimate of drug-likeness (QED) is 0.337. The van der Waals surface area contributed by atoms with Gasteiger partial charge in [-0.3, -0.25) is 14.4 Å². The normalized spacial score (nSPS) is 14.2. The van der Waals surface area contributed by atoms with Crippen molar-refractivity contribution in [1.82, 2.24) is 10.2 Å². The van der Waals surface area contributed by atoms with Crippen LogP contribution in [0.4, 0.5) is 5.69 Å². The van der Waals surface area contributed by atoms with Gasteiger partial charge in [-0.1, -0.05) is 0 Å². The lowest BCUT2D eigenvalue weighted by atomic mass is 10.1. The molecule has 0 aliphatic carbocycles. The van der Waals surface area contributed by atoms with Crippen molar-refractivity contribution in [2.75, 3.05) is 26.1 Å². The van der Waals surface area contributed by atoms with E-state index in [1.165, 1.54) is 42.4 Å². The molecule has 3 amide bonds. The van der Waals surface area contributed by atoms with Crippen LogP contribution in [0.2, 0.25) is 0 Å². The number of ether oxygens (including phenoxy) is 2. The van der Waals surface area contributed by atoms with Gasteiger partial charge in [-0.15, -0.1) is 0 Å². The molecule has 2 N–H and O–H groups in total. The summed E-state index contributed by atoms with van der Waals surface area (Å²) in [6.45, 7) is 3.48. The van der Waals surface area contributed by atoms with E-state index in [1.807, 2.05) is 0 Å². The van der Waals surface area contributed by atoms with Crippen LogP contribution in [0.25, 0.3) is 6.08 Å². The highest BCUT2D eigenvalue weighted by Gasteiger charge is 2.35. The molecule has 3 rings (SSSR count). The summed E-state index contributed by atoms with van der Waals surface area (Å²) >= 11 is 0. The Morgan fingerprint density at radius 1 is 1.03 bits per heavy atom. The highest BCUT2D eigenvalue weighted by molar-refractivity contribution is 6.39. The maximum absolute atomic E-state index is 12.5. The maximum atomic E-state index is 12.5. The number of amides is 3.